The molecule has 0 fully saturated rings. The van der Waals surface area contributed by atoms with Gasteiger partial charge in [0.25, 0.3) is 5.56 Å². The zero-order chi connectivity index (χ0) is 17.1. The molecule has 0 spiro atoms. The van der Waals surface area contributed by atoms with Crippen molar-refractivity contribution in [3.8, 4) is 0 Å². The normalized spacial score (nSPS) is 15.2. The first-order valence-electron chi connectivity index (χ1n) is 6.53. The molecule has 2 aromatic heterocycles. The second-order valence-corrected chi connectivity index (χ2v) is 4.75. The molecule has 6 N–H and O–H groups in total. The quantitative estimate of drug-likeness (QED) is 0.344. The lowest BCUT2D eigenvalue weighted by Gasteiger charge is -2.20. The van der Waals surface area contributed by atoms with E-state index in [1.54, 1.807) is 0 Å². The number of anilines is 1. The van der Waals surface area contributed by atoms with Gasteiger partial charge < -0.3 is 20.4 Å². The summed E-state index contributed by atoms with van der Waals surface area (Å²) in [5.74, 6) is -0.540. The van der Waals surface area contributed by atoms with Crippen LogP contribution >= 0.6 is 0 Å². The number of fused-ring (bicyclic) bond motifs is 1. The number of nitrogens with zero attached hydrogens (tertiary/aromatic N) is 3. The van der Waals surface area contributed by atoms with E-state index in [-0.39, 0.29) is 22.8 Å². The van der Waals surface area contributed by atoms with Crippen molar-refractivity contribution < 1.29 is 25.2 Å². The maximum absolute atomic E-state index is 11.9. The van der Waals surface area contributed by atoms with Crippen molar-refractivity contribution in [1.82, 2.24) is 19.9 Å². The molecule has 0 bridgehead atoms. The minimum absolute atomic E-state index is 0.0781. The number of aliphatic hydroxyl groups is 4. The van der Waals surface area contributed by atoms with Crippen molar-refractivity contribution in [3.63, 3.8) is 0 Å². The van der Waals surface area contributed by atoms with Crippen LogP contribution in [0.3, 0.4) is 0 Å². The zero-order valence-electron chi connectivity index (χ0n) is 12.0. The minimum atomic E-state index is -1.71. The molecule has 11 heteroatoms. The Morgan fingerprint density at radius 2 is 2.04 bits per heavy atom. The number of aliphatic hydroxyl groups excluding tert-OH is 4. The molecule has 1 amide bonds. The Morgan fingerprint density at radius 3 is 2.65 bits per heavy atom. The fraction of sp³-hybridized carbons (Fsp3) is 0.417. The smallest absolute Gasteiger partial charge is 0.280 e. The SMILES string of the molecule is CC(=O)Nc1nc2ncc([C@@H](O)[C@H](O)[C@H](O)CO)nc2c(=O)[nH]1. The van der Waals surface area contributed by atoms with Crippen molar-refractivity contribution in [2.45, 2.75) is 25.2 Å². The largest absolute Gasteiger partial charge is 0.394 e. The highest BCUT2D eigenvalue weighted by atomic mass is 16.4. The first kappa shape index (κ1) is 16.9. The third-order valence-electron chi connectivity index (χ3n) is 2.94. The summed E-state index contributed by atoms with van der Waals surface area (Å²) in [5.41, 5.74) is -1.19. The van der Waals surface area contributed by atoms with Crippen LogP contribution in [0.1, 0.15) is 18.7 Å². The van der Waals surface area contributed by atoms with Gasteiger partial charge in [-0.2, -0.15) is 4.98 Å². The monoisotopic (exact) mass is 325 g/mol. The second kappa shape index (κ2) is 6.75. The predicted octanol–water partition coefficient (Wildman–Crippen LogP) is -2.58. The van der Waals surface area contributed by atoms with Crippen molar-refractivity contribution in [2.24, 2.45) is 0 Å². The number of carbonyl (C=O) groups excluding carboxylic acids is 1. The fourth-order valence-electron chi connectivity index (χ4n) is 1.79. The standard InChI is InChI=1S/C12H15N5O6/c1-4(19)14-12-16-10-7(11(23)17-12)15-5(2-13-10)8(21)9(22)6(20)3-18/h2,6,8-9,18,20-22H,3H2,1H3,(H2,13,14,16,17,19,23)/t6-,8-,9-/m1/s1. The van der Waals surface area contributed by atoms with E-state index >= 15 is 0 Å². The number of nitrogens with one attached hydrogen (secondary N) is 2. The molecule has 0 saturated carbocycles. The fourth-order valence-corrected chi connectivity index (χ4v) is 1.79. The summed E-state index contributed by atoms with van der Waals surface area (Å²) < 4.78 is 0. The van der Waals surface area contributed by atoms with Crippen LogP contribution in [0.5, 0.6) is 0 Å². The Kier molecular flexibility index (Phi) is 4.95. The lowest BCUT2D eigenvalue weighted by molar-refractivity contribution is -0.114. The number of hydrogen-bond acceptors (Lipinski definition) is 9. The van der Waals surface area contributed by atoms with Crippen molar-refractivity contribution in [2.75, 3.05) is 11.9 Å². The van der Waals surface area contributed by atoms with Crippen LogP contribution in [-0.2, 0) is 4.79 Å². The van der Waals surface area contributed by atoms with Crippen LogP contribution in [0.15, 0.2) is 11.0 Å². The van der Waals surface area contributed by atoms with E-state index in [4.69, 9.17) is 5.11 Å². The highest BCUT2D eigenvalue weighted by Crippen LogP contribution is 2.17. The van der Waals surface area contributed by atoms with Gasteiger partial charge in [-0.15, -0.1) is 0 Å². The first-order valence-corrected chi connectivity index (χ1v) is 6.53. The van der Waals surface area contributed by atoms with E-state index < -0.39 is 36.4 Å². The maximum Gasteiger partial charge on any atom is 0.280 e. The molecule has 0 aromatic carbocycles. The molecule has 2 heterocycles. The molecule has 124 valence electrons. The number of H-pyrrole nitrogens is 1. The Labute approximate surface area is 128 Å². The molecule has 0 aliphatic rings. The van der Waals surface area contributed by atoms with Crippen molar-refractivity contribution in [3.05, 3.63) is 22.2 Å². The average Bonchev–Trinajstić information content (AvgIpc) is 2.51. The average molecular weight is 325 g/mol. The Balaban J connectivity index is 2.41. The summed E-state index contributed by atoms with van der Waals surface area (Å²) >= 11 is 0. The molecular weight excluding hydrogens is 310 g/mol. The molecule has 2 rings (SSSR count). The van der Waals surface area contributed by atoms with Crippen LogP contribution < -0.4 is 10.9 Å². The summed E-state index contributed by atoms with van der Waals surface area (Å²) in [6.45, 7) is 0.477. The van der Waals surface area contributed by atoms with Crippen LogP contribution in [0.2, 0.25) is 0 Å². The first-order chi connectivity index (χ1) is 10.8. The topological polar surface area (TPSA) is 182 Å². The molecular formula is C12H15N5O6. The van der Waals surface area contributed by atoms with Gasteiger partial charge in [-0.25, -0.2) is 9.97 Å². The Morgan fingerprint density at radius 1 is 1.35 bits per heavy atom. The van der Waals surface area contributed by atoms with Gasteiger partial charge in [0, 0.05) is 6.92 Å². The van der Waals surface area contributed by atoms with Crippen LogP contribution in [-0.4, -0.2) is 65.1 Å². The number of aromatic amines is 1. The number of rotatable bonds is 5. The second-order valence-electron chi connectivity index (χ2n) is 4.75. The third kappa shape index (κ3) is 3.65. The molecule has 0 aliphatic heterocycles. The van der Waals surface area contributed by atoms with E-state index in [1.165, 1.54) is 6.92 Å². The Bertz CT molecular complexity index is 778. The van der Waals surface area contributed by atoms with Crippen LogP contribution in [0, 0.1) is 0 Å². The minimum Gasteiger partial charge on any atom is -0.394 e. The molecule has 0 aliphatic carbocycles. The molecule has 3 atom stereocenters. The van der Waals surface area contributed by atoms with Gasteiger partial charge in [0.1, 0.15) is 18.3 Å². The summed E-state index contributed by atoms with van der Waals surface area (Å²) in [6.07, 6.45) is -3.90. The highest BCUT2D eigenvalue weighted by molar-refractivity contribution is 5.87. The van der Waals surface area contributed by atoms with Gasteiger partial charge in [-0.1, -0.05) is 0 Å². The van der Waals surface area contributed by atoms with E-state index in [2.05, 4.69) is 25.3 Å². The van der Waals surface area contributed by atoms with Crippen molar-refractivity contribution in [1.29, 1.82) is 0 Å². The molecule has 23 heavy (non-hydrogen) atoms. The maximum atomic E-state index is 11.9. The van der Waals surface area contributed by atoms with Crippen molar-refractivity contribution >= 4 is 23.0 Å². The summed E-state index contributed by atoms with van der Waals surface area (Å²) in [5, 5.41) is 39.9. The van der Waals surface area contributed by atoms with Crippen LogP contribution in [0.4, 0.5) is 5.95 Å². The van der Waals surface area contributed by atoms with E-state index in [0.717, 1.165) is 6.20 Å². The summed E-state index contributed by atoms with van der Waals surface area (Å²) in [7, 11) is 0. The van der Waals surface area contributed by atoms with Gasteiger partial charge in [0.05, 0.1) is 18.5 Å². The van der Waals surface area contributed by atoms with Gasteiger partial charge in [0.2, 0.25) is 11.9 Å². The number of aromatic nitrogens is 4. The van der Waals surface area contributed by atoms with E-state index in [1.807, 2.05) is 0 Å². The predicted molar refractivity (Wildman–Crippen MR) is 76.3 cm³/mol. The highest BCUT2D eigenvalue weighted by Gasteiger charge is 2.27. The van der Waals surface area contributed by atoms with E-state index in [9.17, 15) is 24.9 Å². The van der Waals surface area contributed by atoms with Gasteiger partial charge in [-0.3, -0.25) is 19.9 Å². The van der Waals surface area contributed by atoms with Gasteiger partial charge in [0.15, 0.2) is 11.2 Å². The number of hydrogen-bond donors (Lipinski definition) is 6. The molecule has 0 unspecified atom stereocenters. The van der Waals surface area contributed by atoms with Gasteiger partial charge in [-0.05, 0) is 0 Å². The van der Waals surface area contributed by atoms with Crippen LogP contribution in [0.25, 0.3) is 11.2 Å². The summed E-state index contributed by atoms with van der Waals surface area (Å²) in [4.78, 5) is 36.7. The number of amides is 1. The lowest BCUT2D eigenvalue weighted by Crippen LogP contribution is -2.35. The van der Waals surface area contributed by atoms with Gasteiger partial charge >= 0.3 is 0 Å². The third-order valence-corrected chi connectivity index (χ3v) is 2.94. The molecule has 0 saturated heterocycles. The Hall–Kier alpha value is -2.47. The molecule has 11 nitrogen and oxygen atoms in total. The molecule has 2 aromatic rings. The van der Waals surface area contributed by atoms with E-state index in [0.29, 0.717) is 0 Å². The number of carbonyl (C=O) groups is 1. The summed E-state index contributed by atoms with van der Waals surface area (Å²) in [6, 6.07) is 0. The molecule has 0 radical (unpaired) electrons. The lowest BCUT2D eigenvalue weighted by atomic mass is 10.1. The zero-order valence-corrected chi connectivity index (χ0v) is 12.0.